The smallest absolute Gasteiger partial charge is 0.310 e. The minimum Gasteiger partial charge on any atom is -0.477 e. The highest BCUT2D eigenvalue weighted by Crippen LogP contribution is 2.28. The molecule has 1 amide bonds. The van der Waals surface area contributed by atoms with Crippen molar-refractivity contribution in [1.82, 2.24) is 10.2 Å². The van der Waals surface area contributed by atoms with Gasteiger partial charge in [-0.05, 0) is 37.9 Å². The van der Waals surface area contributed by atoms with E-state index < -0.39 is 4.92 Å². The first-order valence-electron chi connectivity index (χ1n) is 7.51. The number of benzene rings is 1. The minimum atomic E-state index is -0.513. The average Bonchev–Trinajstić information content (AvgIpc) is 2.54. The van der Waals surface area contributed by atoms with Crippen LogP contribution in [0.1, 0.15) is 12.8 Å². The zero-order chi connectivity index (χ0) is 15.5. The van der Waals surface area contributed by atoms with Crippen LogP contribution in [0.4, 0.5) is 5.69 Å². The molecule has 2 bridgehead atoms. The number of nitro benzene ring substituents is 1. The SMILES string of the molecule is O=C(COc1ccccc1[N+](=O)[O-])NC1CN2CCC1CC2. The molecule has 3 heterocycles. The zero-order valence-corrected chi connectivity index (χ0v) is 12.2. The van der Waals surface area contributed by atoms with Crippen LogP contribution in [0.3, 0.4) is 0 Å². The molecular weight excluding hydrogens is 286 g/mol. The molecule has 0 radical (unpaired) electrons. The lowest BCUT2D eigenvalue weighted by Crippen LogP contribution is -2.57. The molecule has 1 atom stereocenters. The number of ether oxygens (including phenoxy) is 1. The van der Waals surface area contributed by atoms with Crippen LogP contribution in [0.25, 0.3) is 0 Å². The molecule has 7 nitrogen and oxygen atoms in total. The Hall–Kier alpha value is -2.15. The Balaban J connectivity index is 1.54. The molecule has 3 aliphatic rings. The quantitative estimate of drug-likeness (QED) is 0.652. The number of amides is 1. The van der Waals surface area contributed by atoms with Crippen LogP contribution in [-0.2, 0) is 4.79 Å². The fraction of sp³-hybridized carbons (Fsp3) is 0.533. The largest absolute Gasteiger partial charge is 0.477 e. The van der Waals surface area contributed by atoms with Gasteiger partial charge >= 0.3 is 5.69 Å². The number of para-hydroxylation sites is 2. The van der Waals surface area contributed by atoms with Gasteiger partial charge in [0, 0.05) is 18.7 Å². The lowest BCUT2D eigenvalue weighted by Gasteiger charge is -2.44. The van der Waals surface area contributed by atoms with E-state index in [4.69, 9.17) is 4.74 Å². The first-order valence-corrected chi connectivity index (χ1v) is 7.51. The summed E-state index contributed by atoms with van der Waals surface area (Å²) < 4.78 is 5.31. The second kappa shape index (κ2) is 6.31. The third-order valence-corrected chi connectivity index (χ3v) is 4.42. The molecule has 1 aromatic carbocycles. The topological polar surface area (TPSA) is 84.7 Å². The van der Waals surface area contributed by atoms with Crippen molar-refractivity contribution in [2.45, 2.75) is 18.9 Å². The number of carbonyl (C=O) groups excluding carboxylic acids is 1. The van der Waals surface area contributed by atoms with Crippen LogP contribution in [0.2, 0.25) is 0 Å². The number of hydrogen-bond acceptors (Lipinski definition) is 5. The van der Waals surface area contributed by atoms with E-state index in [-0.39, 0.29) is 30.0 Å². The molecule has 22 heavy (non-hydrogen) atoms. The number of nitro groups is 1. The lowest BCUT2D eigenvalue weighted by atomic mass is 9.84. The van der Waals surface area contributed by atoms with E-state index in [0.29, 0.717) is 5.92 Å². The van der Waals surface area contributed by atoms with Crippen molar-refractivity contribution >= 4 is 11.6 Å². The molecule has 1 unspecified atom stereocenters. The molecule has 0 aromatic heterocycles. The summed E-state index contributed by atoms with van der Waals surface area (Å²) in [5.41, 5.74) is -0.127. The summed E-state index contributed by atoms with van der Waals surface area (Å²) in [7, 11) is 0. The van der Waals surface area contributed by atoms with Gasteiger partial charge in [-0.3, -0.25) is 14.9 Å². The highest BCUT2D eigenvalue weighted by Gasteiger charge is 2.34. The summed E-state index contributed by atoms with van der Waals surface area (Å²) in [4.78, 5) is 24.7. The Morgan fingerprint density at radius 2 is 2.09 bits per heavy atom. The molecule has 3 aliphatic heterocycles. The van der Waals surface area contributed by atoms with E-state index in [9.17, 15) is 14.9 Å². The highest BCUT2D eigenvalue weighted by atomic mass is 16.6. The van der Waals surface area contributed by atoms with Crippen LogP contribution < -0.4 is 10.1 Å². The molecule has 118 valence electrons. The van der Waals surface area contributed by atoms with Gasteiger partial charge in [0.15, 0.2) is 12.4 Å². The molecule has 3 saturated heterocycles. The number of piperidine rings is 3. The standard InChI is InChI=1S/C15H19N3O4/c19-15(16-12-9-17-7-5-11(12)6-8-17)10-22-14-4-2-1-3-13(14)18(20)21/h1-4,11-12H,5-10H2,(H,16,19). The molecule has 1 N–H and O–H groups in total. The zero-order valence-electron chi connectivity index (χ0n) is 12.2. The maximum Gasteiger partial charge on any atom is 0.310 e. The van der Waals surface area contributed by atoms with Gasteiger partial charge in [-0.2, -0.15) is 0 Å². The van der Waals surface area contributed by atoms with Gasteiger partial charge in [0.2, 0.25) is 0 Å². The van der Waals surface area contributed by atoms with Gasteiger partial charge in [-0.15, -0.1) is 0 Å². The summed E-state index contributed by atoms with van der Waals surface area (Å²) in [6.07, 6.45) is 2.24. The van der Waals surface area contributed by atoms with Crippen molar-refractivity contribution in [3.05, 3.63) is 34.4 Å². The van der Waals surface area contributed by atoms with Crippen LogP contribution in [0, 0.1) is 16.0 Å². The van der Waals surface area contributed by atoms with Gasteiger partial charge in [-0.1, -0.05) is 12.1 Å². The fourth-order valence-electron chi connectivity index (χ4n) is 3.25. The molecule has 7 heteroatoms. The normalized spacial score (nSPS) is 26.5. The minimum absolute atomic E-state index is 0.122. The summed E-state index contributed by atoms with van der Waals surface area (Å²) in [5.74, 6) is 0.438. The van der Waals surface area contributed by atoms with E-state index in [1.54, 1.807) is 12.1 Å². The molecule has 0 aliphatic carbocycles. The summed E-state index contributed by atoms with van der Waals surface area (Å²) >= 11 is 0. The number of fused-ring (bicyclic) bond motifs is 3. The van der Waals surface area contributed by atoms with E-state index in [0.717, 1.165) is 32.5 Å². The molecule has 3 fully saturated rings. The van der Waals surface area contributed by atoms with Crippen LogP contribution in [0.5, 0.6) is 5.75 Å². The van der Waals surface area contributed by atoms with E-state index in [1.807, 2.05) is 0 Å². The molecule has 4 rings (SSSR count). The van der Waals surface area contributed by atoms with Gasteiger partial charge in [0.25, 0.3) is 5.91 Å². The summed E-state index contributed by atoms with van der Waals surface area (Å²) in [5, 5.41) is 13.9. The molecule has 1 aromatic rings. The first kappa shape index (κ1) is 14.8. The number of nitrogens with zero attached hydrogens (tertiary/aromatic N) is 2. The predicted octanol–water partition coefficient (Wildman–Crippen LogP) is 1.18. The Morgan fingerprint density at radius 3 is 2.73 bits per heavy atom. The molecular formula is C15H19N3O4. The van der Waals surface area contributed by atoms with E-state index in [1.165, 1.54) is 12.1 Å². The van der Waals surface area contributed by atoms with Crippen molar-refractivity contribution in [3.8, 4) is 5.75 Å². The Kier molecular flexibility index (Phi) is 4.24. The van der Waals surface area contributed by atoms with Gasteiger partial charge in [-0.25, -0.2) is 0 Å². The monoisotopic (exact) mass is 305 g/mol. The number of hydrogen-bond donors (Lipinski definition) is 1. The maximum absolute atomic E-state index is 12.0. The van der Waals surface area contributed by atoms with Gasteiger partial charge in [0.05, 0.1) is 4.92 Å². The van der Waals surface area contributed by atoms with Crippen molar-refractivity contribution in [2.75, 3.05) is 26.2 Å². The summed E-state index contributed by atoms with van der Waals surface area (Å²) in [6, 6.07) is 6.25. The lowest BCUT2D eigenvalue weighted by molar-refractivity contribution is -0.385. The molecule has 0 spiro atoms. The van der Waals surface area contributed by atoms with Crippen LogP contribution in [0.15, 0.2) is 24.3 Å². The van der Waals surface area contributed by atoms with Crippen LogP contribution in [-0.4, -0.2) is 48.0 Å². The highest BCUT2D eigenvalue weighted by molar-refractivity contribution is 5.78. The van der Waals surface area contributed by atoms with Gasteiger partial charge < -0.3 is 15.0 Å². The van der Waals surface area contributed by atoms with Crippen molar-refractivity contribution in [3.63, 3.8) is 0 Å². The first-order chi connectivity index (χ1) is 10.6. The number of nitrogens with one attached hydrogen (secondary N) is 1. The second-order valence-corrected chi connectivity index (χ2v) is 5.83. The summed E-state index contributed by atoms with van der Waals surface area (Å²) in [6.45, 7) is 2.92. The van der Waals surface area contributed by atoms with Crippen molar-refractivity contribution in [1.29, 1.82) is 0 Å². The Labute approximate surface area is 128 Å². The Morgan fingerprint density at radius 1 is 1.36 bits per heavy atom. The maximum atomic E-state index is 12.0. The number of rotatable bonds is 5. The molecule has 0 saturated carbocycles. The average molecular weight is 305 g/mol. The third-order valence-electron chi connectivity index (χ3n) is 4.42. The van der Waals surface area contributed by atoms with Gasteiger partial charge in [0.1, 0.15) is 0 Å². The fourth-order valence-corrected chi connectivity index (χ4v) is 3.25. The van der Waals surface area contributed by atoms with E-state index >= 15 is 0 Å². The third kappa shape index (κ3) is 3.19. The number of carbonyl (C=O) groups is 1. The Bertz CT molecular complexity index is 570. The van der Waals surface area contributed by atoms with Crippen LogP contribution >= 0.6 is 0 Å². The van der Waals surface area contributed by atoms with Crippen molar-refractivity contribution < 1.29 is 14.5 Å². The second-order valence-electron chi connectivity index (χ2n) is 5.83. The van der Waals surface area contributed by atoms with E-state index in [2.05, 4.69) is 10.2 Å². The predicted molar refractivity (Wildman–Crippen MR) is 79.7 cm³/mol. The van der Waals surface area contributed by atoms with Crippen molar-refractivity contribution in [2.24, 2.45) is 5.92 Å².